The van der Waals surface area contributed by atoms with E-state index < -0.39 is 10.3 Å². The summed E-state index contributed by atoms with van der Waals surface area (Å²) in [5.74, 6) is -0.817. The number of methoxy groups -OCH3 is 1. The van der Waals surface area contributed by atoms with Gasteiger partial charge in [0.2, 0.25) is 4.33 Å². The molecule has 0 heterocycles. The molecule has 0 N–H and O–H groups in total. The zero-order valence-electron chi connectivity index (χ0n) is 5.27. The monoisotopic (exact) mass is 184 g/mol. The Hall–Kier alpha value is -0.280. The van der Waals surface area contributed by atoms with E-state index in [1.807, 2.05) is 0 Å². The van der Waals surface area contributed by atoms with Crippen molar-refractivity contribution in [2.24, 2.45) is 0 Å². The maximum absolute atomic E-state index is 10.6. The van der Waals surface area contributed by atoms with Gasteiger partial charge in [0.15, 0.2) is 0 Å². The van der Waals surface area contributed by atoms with Crippen LogP contribution in [0.1, 0.15) is 6.42 Å². The lowest BCUT2D eigenvalue weighted by Crippen LogP contribution is -2.27. The predicted molar refractivity (Wildman–Crippen MR) is 37.1 cm³/mol. The lowest BCUT2D eigenvalue weighted by molar-refractivity contribution is -0.142. The number of esters is 1. The van der Waals surface area contributed by atoms with Gasteiger partial charge in [-0.05, 0) is 0 Å². The van der Waals surface area contributed by atoms with Gasteiger partial charge in [-0.1, -0.05) is 23.2 Å². The molecular weight excluding hydrogens is 179 g/mol. The van der Waals surface area contributed by atoms with Crippen LogP contribution in [0.5, 0.6) is 0 Å². The summed E-state index contributed by atoms with van der Waals surface area (Å²) in [5.41, 5.74) is 0. The minimum absolute atomic E-state index is 0.261. The molecule has 0 aliphatic rings. The second-order valence-corrected chi connectivity index (χ2v) is 3.05. The zero-order valence-corrected chi connectivity index (χ0v) is 6.78. The molecule has 0 saturated heterocycles. The van der Waals surface area contributed by atoms with Crippen LogP contribution in [0.3, 0.4) is 0 Å². The molecule has 0 rings (SSSR count). The van der Waals surface area contributed by atoms with Gasteiger partial charge in [-0.15, -0.1) is 0 Å². The third-order valence-corrected chi connectivity index (χ3v) is 1.44. The number of alkyl halides is 2. The van der Waals surface area contributed by atoms with Crippen molar-refractivity contribution in [2.45, 2.75) is 10.8 Å². The molecule has 0 bridgehead atoms. The molecule has 5 heteroatoms. The van der Waals surface area contributed by atoms with E-state index >= 15 is 0 Å². The Morgan fingerprint density at radius 3 is 2.50 bits per heavy atom. The van der Waals surface area contributed by atoms with Crippen molar-refractivity contribution in [1.82, 2.24) is 0 Å². The molecule has 0 spiro atoms. The standard InChI is InChI=1S/C5H6Cl2O3/c1-10-4(9)5(6,7)2-3-8/h3H,2H2,1H3. The maximum Gasteiger partial charge on any atom is 0.342 e. The Labute approximate surface area is 68.2 Å². The number of carbonyl (C=O) groups is 2. The van der Waals surface area contributed by atoms with Gasteiger partial charge in [-0.2, -0.15) is 0 Å². The number of halogens is 2. The molecule has 0 unspecified atom stereocenters. The summed E-state index contributed by atoms with van der Waals surface area (Å²) in [6, 6.07) is 0. The number of hydrogen-bond donors (Lipinski definition) is 0. The minimum atomic E-state index is -1.73. The van der Waals surface area contributed by atoms with Gasteiger partial charge < -0.3 is 9.53 Å². The van der Waals surface area contributed by atoms with E-state index in [9.17, 15) is 9.59 Å². The first-order valence-electron chi connectivity index (χ1n) is 2.44. The number of hydrogen-bond acceptors (Lipinski definition) is 3. The molecule has 10 heavy (non-hydrogen) atoms. The third kappa shape index (κ3) is 2.54. The van der Waals surface area contributed by atoms with Gasteiger partial charge in [0, 0.05) is 6.42 Å². The second kappa shape index (κ2) is 3.78. The predicted octanol–water partition coefficient (Wildman–Crippen LogP) is 0.922. The Bertz CT molecular complexity index is 144. The first-order chi connectivity index (χ1) is 4.54. The summed E-state index contributed by atoms with van der Waals surface area (Å²) in [7, 11) is 1.15. The lowest BCUT2D eigenvalue weighted by Gasteiger charge is -2.11. The van der Waals surface area contributed by atoms with Crippen molar-refractivity contribution < 1.29 is 14.3 Å². The minimum Gasteiger partial charge on any atom is -0.467 e. The smallest absolute Gasteiger partial charge is 0.342 e. The molecule has 0 aromatic rings. The van der Waals surface area contributed by atoms with Crippen molar-refractivity contribution in [3.05, 3.63) is 0 Å². The number of rotatable bonds is 3. The molecule has 3 nitrogen and oxygen atoms in total. The van der Waals surface area contributed by atoms with Gasteiger partial charge >= 0.3 is 5.97 Å². The summed E-state index contributed by atoms with van der Waals surface area (Å²) in [5, 5.41) is 0. The second-order valence-electron chi connectivity index (χ2n) is 1.57. The summed E-state index contributed by atoms with van der Waals surface area (Å²) in [6.07, 6.45) is 0.194. The molecular formula is C5H6Cl2O3. The average Bonchev–Trinajstić information content (AvgIpc) is 1.86. The van der Waals surface area contributed by atoms with E-state index in [0.29, 0.717) is 6.29 Å². The summed E-state index contributed by atoms with van der Waals surface area (Å²) < 4.78 is 2.48. The van der Waals surface area contributed by atoms with Gasteiger partial charge in [-0.3, -0.25) is 0 Å². The first-order valence-corrected chi connectivity index (χ1v) is 3.20. The van der Waals surface area contributed by atoms with Crippen LogP contribution >= 0.6 is 23.2 Å². The van der Waals surface area contributed by atoms with Crippen molar-refractivity contribution in [3.63, 3.8) is 0 Å². The van der Waals surface area contributed by atoms with Crippen molar-refractivity contribution in [3.8, 4) is 0 Å². The van der Waals surface area contributed by atoms with E-state index in [1.54, 1.807) is 0 Å². The lowest BCUT2D eigenvalue weighted by atomic mass is 10.3. The van der Waals surface area contributed by atoms with Crippen LogP contribution < -0.4 is 0 Å². The highest BCUT2D eigenvalue weighted by atomic mass is 35.5. The van der Waals surface area contributed by atoms with Crippen LogP contribution in [0.25, 0.3) is 0 Å². The average molecular weight is 185 g/mol. The van der Waals surface area contributed by atoms with Crippen LogP contribution in [0.15, 0.2) is 0 Å². The Kier molecular flexibility index (Phi) is 3.68. The topological polar surface area (TPSA) is 43.4 Å². The Morgan fingerprint density at radius 1 is 1.70 bits per heavy atom. The third-order valence-electron chi connectivity index (χ3n) is 0.824. The highest BCUT2D eigenvalue weighted by Crippen LogP contribution is 2.25. The largest absolute Gasteiger partial charge is 0.467 e. The van der Waals surface area contributed by atoms with Gasteiger partial charge in [0.1, 0.15) is 6.29 Å². The van der Waals surface area contributed by atoms with Crippen LogP contribution in [0.2, 0.25) is 0 Å². The van der Waals surface area contributed by atoms with E-state index in [4.69, 9.17) is 23.2 Å². The quantitative estimate of drug-likeness (QED) is 0.373. The molecule has 0 fully saturated rings. The number of carbonyl (C=O) groups excluding carboxylic acids is 2. The molecule has 0 atom stereocenters. The summed E-state index contributed by atoms with van der Waals surface area (Å²) >= 11 is 10.7. The van der Waals surface area contributed by atoms with Gasteiger partial charge in [-0.25, -0.2) is 4.79 Å². The SMILES string of the molecule is COC(=O)C(Cl)(Cl)CC=O. The molecule has 0 saturated carbocycles. The molecule has 58 valence electrons. The fourth-order valence-electron chi connectivity index (χ4n) is 0.337. The maximum atomic E-state index is 10.6. The van der Waals surface area contributed by atoms with E-state index in [-0.39, 0.29) is 6.42 Å². The normalized spacial score (nSPS) is 10.7. The van der Waals surface area contributed by atoms with E-state index in [1.165, 1.54) is 0 Å². The molecule has 0 aromatic carbocycles. The Morgan fingerprint density at radius 2 is 2.20 bits per heavy atom. The fraction of sp³-hybridized carbons (Fsp3) is 0.600. The Balaban J connectivity index is 4.08. The van der Waals surface area contributed by atoms with Crippen LogP contribution in [0, 0.1) is 0 Å². The van der Waals surface area contributed by atoms with Crippen LogP contribution in [0.4, 0.5) is 0 Å². The summed E-state index contributed by atoms with van der Waals surface area (Å²) in [4.78, 5) is 20.4. The number of aldehydes is 1. The van der Waals surface area contributed by atoms with Gasteiger partial charge in [0.05, 0.1) is 7.11 Å². The molecule has 0 amide bonds. The van der Waals surface area contributed by atoms with Crippen LogP contribution in [-0.2, 0) is 14.3 Å². The number of ether oxygens (including phenoxy) is 1. The molecule has 0 aliphatic carbocycles. The van der Waals surface area contributed by atoms with Crippen molar-refractivity contribution in [2.75, 3.05) is 7.11 Å². The fourth-order valence-corrected chi connectivity index (χ4v) is 0.618. The first kappa shape index (κ1) is 9.72. The van der Waals surface area contributed by atoms with E-state index in [0.717, 1.165) is 7.11 Å². The van der Waals surface area contributed by atoms with E-state index in [2.05, 4.69) is 4.74 Å². The molecule has 0 aliphatic heterocycles. The van der Waals surface area contributed by atoms with Gasteiger partial charge in [0.25, 0.3) is 0 Å². The summed E-state index contributed by atoms with van der Waals surface area (Å²) in [6.45, 7) is 0. The van der Waals surface area contributed by atoms with Crippen LogP contribution in [-0.4, -0.2) is 23.7 Å². The van der Waals surface area contributed by atoms with Crippen molar-refractivity contribution in [1.29, 1.82) is 0 Å². The zero-order chi connectivity index (χ0) is 8.20. The van der Waals surface area contributed by atoms with Crippen molar-refractivity contribution >= 4 is 35.5 Å². The molecule has 0 radical (unpaired) electrons. The highest BCUT2D eigenvalue weighted by Gasteiger charge is 2.34. The highest BCUT2D eigenvalue weighted by molar-refractivity contribution is 6.58. The molecule has 0 aromatic heterocycles.